The lowest BCUT2D eigenvalue weighted by Crippen LogP contribution is -2.18. The number of hydrogen-bond acceptors (Lipinski definition) is 5. The second-order valence-corrected chi connectivity index (χ2v) is 8.27. The lowest BCUT2D eigenvalue weighted by atomic mass is 9.90. The topological polar surface area (TPSA) is 70.7 Å². The molecule has 0 amide bonds. The predicted octanol–water partition coefficient (Wildman–Crippen LogP) is 4.72. The molecule has 0 saturated carbocycles. The number of benzene rings is 1. The third-order valence-electron chi connectivity index (χ3n) is 5.94. The van der Waals surface area contributed by atoms with Crippen molar-refractivity contribution >= 4 is 12.2 Å². The molecule has 0 saturated heterocycles. The van der Waals surface area contributed by atoms with Crippen molar-refractivity contribution in [2.45, 2.75) is 39.2 Å². The van der Waals surface area contributed by atoms with E-state index < -0.39 is 0 Å². The Labute approximate surface area is 191 Å². The van der Waals surface area contributed by atoms with E-state index >= 15 is 0 Å². The van der Waals surface area contributed by atoms with Gasteiger partial charge in [-0.2, -0.15) is 5.10 Å². The van der Waals surface area contributed by atoms with Gasteiger partial charge in [-0.05, 0) is 68.2 Å². The summed E-state index contributed by atoms with van der Waals surface area (Å²) in [5, 5.41) is 4.65. The summed E-state index contributed by atoms with van der Waals surface area (Å²) < 4.78 is 23.5. The van der Waals surface area contributed by atoms with E-state index in [0.29, 0.717) is 17.3 Å². The van der Waals surface area contributed by atoms with Gasteiger partial charge in [-0.1, -0.05) is 12.1 Å². The van der Waals surface area contributed by atoms with Crippen molar-refractivity contribution in [2.75, 3.05) is 7.11 Å². The Kier molecular flexibility index (Phi) is 5.50. The third kappa shape index (κ3) is 4.16. The number of nitrogens with zero attached hydrogens (tertiary/aromatic N) is 6. The maximum absolute atomic E-state index is 14.1. The number of aromatic nitrogens is 6. The van der Waals surface area contributed by atoms with Crippen LogP contribution >= 0.6 is 0 Å². The minimum Gasteiger partial charge on any atom is -0.479 e. The van der Waals surface area contributed by atoms with Crippen LogP contribution in [0.15, 0.2) is 42.9 Å². The molecule has 4 aromatic rings. The lowest BCUT2D eigenvalue weighted by Gasteiger charge is -2.22. The molecule has 7 nitrogen and oxygen atoms in total. The van der Waals surface area contributed by atoms with Gasteiger partial charge in [-0.25, -0.2) is 24.0 Å². The molecule has 3 aromatic heterocycles. The van der Waals surface area contributed by atoms with Crippen LogP contribution in [0.1, 0.15) is 52.9 Å². The highest BCUT2D eigenvalue weighted by atomic mass is 19.1. The first-order valence-corrected chi connectivity index (χ1v) is 11.0. The molecule has 1 aromatic carbocycles. The third-order valence-corrected chi connectivity index (χ3v) is 5.94. The summed E-state index contributed by atoms with van der Waals surface area (Å²) in [6.45, 7) is 4.52. The second-order valence-electron chi connectivity index (χ2n) is 8.27. The van der Waals surface area contributed by atoms with Crippen LogP contribution in [0.2, 0.25) is 0 Å². The minimum absolute atomic E-state index is 0.0413. The van der Waals surface area contributed by atoms with Gasteiger partial charge in [0.1, 0.15) is 17.3 Å². The number of fused-ring (bicyclic) bond motifs is 1. The Bertz CT molecular complexity index is 1340. The predicted molar refractivity (Wildman–Crippen MR) is 124 cm³/mol. The average molecular weight is 445 g/mol. The van der Waals surface area contributed by atoms with E-state index in [1.807, 2.05) is 58.8 Å². The maximum atomic E-state index is 14.1. The number of imidazole rings is 1. The van der Waals surface area contributed by atoms with E-state index in [9.17, 15) is 4.39 Å². The fourth-order valence-corrected chi connectivity index (χ4v) is 4.18. The summed E-state index contributed by atoms with van der Waals surface area (Å²) in [6, 6.07) is 9.30. The average Bonchev–Trinajstić information content (AvgIpc) is 3.45. The van der Waals surface area contributed by atoms with Crippen LogP contribution in [0.4, 0.5) is 4.39 Å². The Hall–Kier alpha value is -3.81. The summed E-state index contributed by atoms with van der Waals surface area (Å²) in [4.78, 5) is 13.6. The first kappa shape index (κ1) is 21.1. The fourth-order valence-electron chi connectivity index (χ4n) is 4.18. The Morgan fingerprint density at radius 2 is 2.00 bits per heavy atom. The molecule has 0 radical (unpaired) electrons. The number of halogens is 1. The molecule has 0 bridgehead atoms. The van der Waals surface area contributed by atoms with Gasteiger partial charge >= 0.3 is 0 Å². The van der Waals surface area contributed by atoms with Crippen LogP contribution in [0.25, 0.3) is 17.8 Å². The van der Waals surface area contributed by atoms with Gasteiger partial charge < -0.3 is 9.30 Å². The molecule has 5 rings (SSSR count). The van der Waals surface area contributed by atoms with Gasteiger partial charge in [-0.15, -0.1) is 0 Å². The summed E-state index contributed by atoms with van der Waals surface area (Å²) in [6.07, 6.45) is 9.28. The summed E-state index contributed by atoms with van der Waals surface area (Å²) in [5.74, 6) is 1.85. The van der Waals surface area contributed by atoms with Crippen LogP contribution in [0, 0.1) is 19.7 Å². The number of rotatable bonds is 5. The van der Waals surface area contributed by atoms with Gasteiger partial charge in [0, 0.05) is 18.7 Å². The van der Waals surface area contributed by atoms with E-state index in [4.69, 9.17) is 9.72 Å². The Balaban J connectivity index is 1.41. The van der Waals surface area contributed by atoms with Gasteiger partial charge in [-0.3, -0.25) is 0 Å². The monoisotopic (exact) mass is 444 g/mol. The molecular formula is C25H25FN6O. The van der Waals surface area contributed by atoms with Crippen molar-refractivity contribution in [1.82, 2.24) is 29.3 Å². The zero-order chi connectivity index (χ0) is 22.9. The lowest BCUT2D eigenvalue weighted by molar-refractivity contribution is 0.395. The van der Waals surface area contributed by atoms with Gasteiger partial charge in [0.05, 0.1) is 24.8 Å². The van der Waals surface area contributed by atoms with E-state index in [1.54, 1.807) is 26.4 Å². The van der Waals surface area contributed by atoms with Crippen LogP contribution < -0.4 is 4.74 Å². The fraction of sp³-hybridized carbons (Fsp3) is 0.280. The number of aryl methyl sites for hydroxylation is 3. The summed E-state index contributed by atoms with van der Waals surface area (Å²) in [5.41, 5.74) is 4.06. The number of pyridine rings is 1. The second kappa shape index (κ2) is 8.61. The Morgan fingerprint density at radius 1 is 1.12 bits per heavy atom. The molecule has 8 heteroatoms. The molecule has 33 heavy (non-hydrogen) atoms. The maximum Gasteiger partial charge on any atom is 0.238 e. The van der Waals surface area contributed by atoms with Crippen LogP contribution in [0.5, 0.6) is 5.88 Å². The first-order valence-electron chi connectivity index (χ1n) is 11.0. The van der Waals surface area contributed by atoms with Crippen molar-refractivity contribution in [2.24, 2.45) is 0 Å². The molecular weight excluding hydrogens is 419 g/mol. The quantitative estimate of drug-likeness (QED) is 0.446. The molecule has 1 aliphatic heterocycles. The molecule has 0 N–H and O–H groups in total. The smallest absolute Gasteiger partial charge is 0.238 e. The molecule has 0 spiro atoms. The molecule has 1 atom stereocenters. The van der Waals surface area contributed by atoms with Crippen LogP contribution in [-0.4, -0.2) is 36.4 Å². The molecule has 0 unspecified atom stereocenters. The van der Waals surface area contributed by atoms with Crippen molar-refractivity contribution in [3.63, 3.8) is 0 Å². The standard InChI is InChI=1S/C25H25FN6O/c1-16-6-7-18(13-21(16)26)20-5-4-12-32-24(20)29-23(30-32)11-9-19-8-10-22(25(28-19)33-3)31-14-17(2)27-15-31/h6-11,13-15,20H,4-5,12H2,1-3H3/b11-9+/t20-/m0/s1. The molecule has 4 heterocycles. The zero-order valence-corrected chi connectivity index (χ0v) is 18.9. The summed E-state index contributed by atoms with van der Waals surface area (Å²) >= 11 is 0. The van der Waals surface area contributed by atoms with E-state index in [-0.39, 0.29) is 11.7 Å². The van der Waals surface area contributed by atoms with Gasteiger partial charge in [0.2, 0.25) is 5.88 Å². The highest BCUT2D eigenvalue weighted by molar-refractivity contribution is 5.65. The zero-order valence-electron chi connectivity index (χ0n) is 18.9. The van der Waals surface area contributed by atoms with Crippen LogP contribution in [0.3, 0.4) is 0 Å². The number of hydrogen-bond donors (Lipinski definition) is 0. The van der Waals surface area contributed by atoms with E-state index in [0.717, 1.165) is 47.8 Å². The van der Waals surface area contributed by atoms with Crippen LogP contribution in [-0.2, 0) is 6.54 Å². The largest absolute Gasteiger partial charge is 0.479 e. The van der Waals surface area contributed by atoms with Crippen molar-refractivity contribution in [1.29, 1.82) is 0 Å². The number of ether oxygens (including phenoxy) is 1. The SMILES string of the molecule is COc1nc(/C=C/c2nc3n(n2)CCC[C@H]3c2ccc(C)c(F)c2)ccc1-n1cnc(C)c1. The molecule has 0 fully saturated rings. The number of methoxy groups -OCH3 is 1. The van der Waals surface area contributed by atoms with Crippen molar-refractivity contribution in [3.05, 3.63) is 82.8 Å². The van der Waals surface area contributed by atoms with Crippen molar-refractivity contribution in [3.8, 4) is 11.6 Å². The van der Waals surface area contributed by atoms with E-state index in [2.05, 4.69) is 15.1 Å². The molecule has 168 valence electrons. The molecule has 0 aliphatic carbocycles. The minimum atomic E-state index is -0.182. The first-order chi connectivity index (χ1) is 16.0. The summed E-state index contributed by atoms with van der Waals surface area (Å²) in [7, 11) is 1.60. The van der Waals surface area contributed by atoms with E-state index in [1.165, 1.54) is 0 Å². The van der Waals surface area contributed by atoms with Crippen molar-refractivity contribution < 1.29 is 9.13 Å². The highest BCUT2D eigenvalue weighted by Crippen LogP contribution is 2.33. The normalized spacial score (nSPS) is 15.7. The molecule has 1 aliphatic rings. The highest BCUT2D eigenvalue weighted by Gasteiger charge is 2.26. The van der Waals surface area contributed by atoms with Gasteiger partial charge in [0.15, 0.2) is 5.82 Å². The van der Waals surface area contributed by atoms with Gasteiger partial charge in [0.25, 0.3) is 0 Å². The Morgan fingerprint density at radius 3 is 2.76 bits per heavy atom.